The van der Waals surface area contributed by atoms with Crippen molar-refractivity contribution in [1.29, 1.82) is 0 Å². The highest BCUT2D eigenvalue weighted by Crippen LogP contribution is 2.38. The van der Waals surface area contributed by atoms with E-state index in [4.69, 9.17) is 11.7 Å². The maximum Gasteiger partial charge on any atom is 0.407 e. The van der Waals surface area contributed by atoms with Crippen LogP contribution in [-0.2, 0) is 15.8 Å². The van der Waals surface area contributed by atoms with Crippen LogP contribution in [0.4, 0.5) is 24.5 Å². The zero-order valence-electron chi connectivity index (χ0n) is 12.3. The Morgan fingerprint density at radius 2 is 2.12 bits per heavy atom. The number of carbonyl (C=O) groups is 2. The molecule has 0 radical (unpaired) electrons. The predicted molar refractivity (Wildman–Crippen MR) is 75.6 cm³/mol. The lowest BCUT2D eigenvalue weighted by Gasteiger charge is -2.19. The van der Waals surface area contributed by atoms with Gasteiger partial charge in [-0.15, -0.1) is 0 Å². The Morgan fingerprint density at radius 3 is 2.62 bits per heavy atom. The molecule has 2 unspecified atom stereocenters. The van der Waals surface area contributed by atoms with Crippen LogP contribution in [0.1, 0.15) is 18.9 Å². The summed E-state index contributed by atoms with van der Waals surface area (Å²) >= 11 is 0. The van der Waals surface area contributed by atoms with Gasteiger partial charge in [0.05, 0.1) is 12.1 Å². The van der Waals surface area contributed by atoms with Crippen LogP contribution in [0.3, 0.4) is 0 Å². The van der Waals surface area contributed by atoms with E-state index in [1.54, 1.807) is 0 Å². The molecule has 0 fully saturated rings. The molecule has 10 heteroatoms. The van der Waals surface area contributed by atoms with Crippen molar-refractivity contribution in [2.75, 3.05) is 5.32 Å². The summed E-state index contributed by atoms with van der Waals surface area (Å²) in [6.07, 6.45) is -4.94. The number of aliphatic carboxylic acids is 1. The number of carboxylic acids is 1. The zero-order valence-corrected chi connectivity index (χ0v) is 12.3. The van der Waals surface area contributed by atoms with E-state index in [2.05, 4.69) is 20.4 Å². The first-order valence-electron chi connectivity index (χ1n) is 6.62. The van der Waals surface area contributed by atoms with Crippen LogP contribution < -0.4 is 5.32 Å². The fourth-order valence-corrected chi connectivity index (χ4v) is 2.13. The minimum Gasteiger partial charge on any atom is -0.480 e. The van der Waals surface area contributed by atoms with Gasteiger partial charge in [0.25, 0.3) is 5.91 Å². The van der Waals surface area contributed by atoms with Gasteiger partial charge in [-0.2, -0.15) is 23.4 Å². The van der Waals surface area contributed by atoms with Gasteiger partial charge in [-0.1, -0.05) is 6.07 Å². The molecule has 7 nitrogen and oxygen atoms in total. The van der Waals surface area contributed by atoms with Crippen LogP contribution in [0, 0.1) is 6.57 Å². The normalized spacial score (nSPS) is 22.9. The average Bonchev–Trinajstić information content (AvgIpc) is 2.90. The van der Waals surface area contributed by atoms with Crippen LogP contribution in [0.5, 0.6) is 0 Å². The molecule has 0 saturated heterocycles. The number of nitrogens with zero attached hydrogens (tertiary/aromatic N) is 3. The molecule has 1 amide bonds. The topological polar surface area (TPSA) is 95.5 Å². The van der Waals surface area contributed by atoms with E-state index in [-0.39, 0.29) is 12.1 Å². The van der Waals surface area contributed by atoms with Gasteiger partial charge in [0.2, 0.25) is 0 Å². The van der Waals surface area contributed by atoms with E-state index >= 15 is 0 Å². The van der Waals surface area contributed by atoms with Gasteiger partial charge in [-0.05, 0) is 19.1 Å². The Bertz CT molecular complexity index is 770. The first kappa shape index (κ1) is 17.4. The quantitative estimate of drug-likeness (QED) is 0.827. The lowest BCUT2D eigenvalue weighted by Crippen LogP contribution is -2.38. The average molecular weight is 340 g/mol. The third-order valence-electron chi connectivity index (χ3n) is 3.46. The standard InChI is InChI=1S/C14H11F3N4O3/c1-13(6-10(11(22)23)20-21-13)12(24)19-7-3-4-9(18-2)8(5-7)14(15,16)17/h3-5,10H,6H2,1H3,(H,19,24)(H,22,23). The second kappa shape index (κ2) is 5.92. The van der Waals surface area contributed by atoms with E-state index in [0.29, 0.717) is 6.07 Å². The molecule has 126 valence electrons. The molecule has 1 aromatic rings. The molecule has 0 spiro atoms. The number of alkyl halides is 3. The van der Waals surface area contributed by atoms with E-state index in [0.717, 1.165) is 12.1 Å². The number of nitrogens with one attached hydrogen (secondary N) is 1. The Kier molecular flexibility index (Phi) is 4.29. The van der Waals surface area contributed by atoms with Crippen molar-refractivity contribution < 1.29 is 27.9 Å². The number of benzene rings is 1. The summed E-state index contributed by atoms with van der Waals surface area (Å²) < 4.78 is 38.7. The van der Waals surface area contributed by atoms with Crippen molar-refractivity contribution in [3.63, 3.8) is 0 Å². The second-order valence-corrected chi connectivity index (χ2v) is 5.34. The maximum absolute atomic E-state index is 12.9. The Hall–Kier alpha value is -2.96. The van der Waals surface area contributed by atoms with Crippen LogP contribution in [0.15, 0.2) is 28.4 Å². The number of hydrogen-bond acceptors (Lipinski definition) is 4. The van der Waals surface area contributed by atoms with Gasteiger partial charge in [-0.25, -0.2) is 9.64 Å². The maximum atomic E-state index is 12.9. The Morgan fingerprint density at radius 1 is 1.46 bits per heavy atom. The van der Waals surface area contributed by atoms with Crippen molar-refractivity contribution in [3.8, 4) is 0 Å². The second-order valence-electron chi connectivity index (χ2n) is 5.34. The van der Waals surface area contributed by atoms with E-state index in [1.807, 2.05) is 0 Å². The number of anilines is 1. The highest BCUT2D eigenvalue weighted by molar-refractivity contribution is 5.99. The molecular weight excluding hydrogens is 329 g/mol. The minimum absolute atomic E-state index is 0.171. The minimum atomic E-state index is -4.74. The third kappa shape index (κ3) is 3.34. The molecule has 1 aliphatic heterocycles. The first-order valence-corrected chi connectivity index (χ1v) is 6.62. The van der Waals surface area contributed by atoms with Crippen molar-refractivity contribution in [2.24, 2.45) is 10.2 Å². The SMILES string of the molecule is [C-]#[N+]c1ccc(NC(=O)C2(C)CC(C(=O)O)N=N2)cc1C(F)(F)F. The molecule has 24 heavy (non-hydrogen) atoms. The van der Waals surface area contributed by atoms with Crippen LogP contribution in [0.25, 0.3) is 4.85 Å². The lowest BCUT2D eigenvalue weighted by molar-refractivity contribution is -0.139. The molecule has 1 heterocycles. The van der Waals surface area contributed by atoms with Gasteiger partial charge in [-0.3, -0.25) is 4.79 Å². The summed E-state index contributed by atoms with van der Waals surface area (Å²) in [7, 11) is 0. The number of hydrogen-bond donors (Lipinski definition) is 2. The van der Waals surface area contributed by atoms with E-state index in [9.17, 15) is 22.8 Å². The van der Waals surface area contributed by atoms with Crippen LogP contribution in [0.2, 0.25) is 0 Å². The van der Waals surface area contributed by atoms with Gasteiger partial charge in [0.15, 0.2) is 17.3 Å². The van der Waals surface area contributed by atoms with Gasteiger partial charge < -0.3 is 10.4 Å². The zero-order chi connectivity index (χ0) is 18.1. The lowest BCUT2D eigenvalue weighted by atomic mass is 9.94. The van der Waals surface area contributed by atoms with Crippen LogP contribution in [-0.4, -0.2) is 28.6 Å². The smallest absolute Gasteiger partial charge is 0.407 e. The number of halogens is 3. The molecule has 0 bridgehead atoms. The first-order chi connectivity index (χ1) is 11.1. The molecule has 0 aromatic heterocycles. The molecule has 1 aliphatic rings. The van der Waals surface area contributed by atoms with E-state index < -0.39 is 40.9 Å². The summed E-state index contributed by atoms with van der Waals surface area (Å²) in [4.78, 5) is 25.9. The largest absolute Gasteiger partial charge is 0.480 e. The van der Waals surface area contributed by atoms with Gasteiger partial charge in [0.1, 0.15) is 0 Å². The summed E-state index contributed by atoms with van der Waals surface area (Å²) in [6.45, 7) is 8.10. The number of carboxylic acid groups (broad SMARTS) is 1. The number of amides is 1. The van der Waals surface area contributed by atoms with Crippen LogP contribution >= 0.6 is 0 Å². The Balaban J connectivity index is 2.23. The van der Waals surface area contributed by atoms with Crippen molar-refractivity contribution in [3.05, 3.63) is 35.2 Å². The highest BCUT2D eigenvalue weighted by Gasteiger charge is 2.43. The van der Waals surface area contributed by atoms with Crippen molar-refractivity contribution >= 4 is 23.3 Å². The molecule has 0 aliphatic carbocycles. The molecule has 0 saturated carbocycles. The summed E-state index contributed by atoms with van der Waals surface area (Å²) in [5.74, 6) is -2.02. The molecule has 1 aromatic carbocycles. The van der Waals surface area contributed by atoms with Crippen molar-refractivity contribution in [2.45, 2.75) is 31.1 Å². The summed E-state index contributed by atoms with van der Waals surface area (Å²) in [6, 6.07) is 1.58. The summed E-state index contributed by atoms with van der Waals surface area (Å²) in [5, 5.41) is 18.2. The summed E-state index contributed by atoms with van der Waals surface area (Å²) in [5.41, 5.74) is -3.41. The monoisotopic (exact) mass is 340 g/mol. The van der Waals surface area contributed by atoms with Gasteiger partial charge in [0, 0.05) is 12.1 Å². The molecular formula is C14H11F3N4O3. The molecule has 2 atom stereocenters. The highest BCUT2D eigenvalue weighted by atomic mass is 19.4. The molecule has 2 rings (SSSR count). The third-order valence-corrected chi connectivity index (χ3v) is 3.46. The fraction of sp³-hybridized carbons (Fsp3) is 0.357. The predicted octanol–water partition coefficient (Wildman–Crippen LogP) is 3.26. The number of azo groups is 1. The fourth-order valence-electron chi connectivity index (χ4n) is 2.13. The van der Waals surface area contributed by atoms with Crippen molar-refractivity contribution in [1.82, 2.24) is 0 Å². The molecule has 2 N–H and O–H groups in total. The van der Waals surface area contributed by atoms with Gasteiger partial charge >= 0.3 is 12.1 Å². The van der Waals surface area contributed by atoms with E-state index in [1.165, 1.54) is 6.92 Å². The number of carbonyl (C=O) groups excluding carboxylic acids is 1. The number of rotatable bonds is 3. The Labute approximate surface area is 134 Å².